The van der Waals surface area contributed by atoms with Crippen LogP contribution >= 0.6 is 11.3 Å². The third kappa shape index (κ3) is 3.79. The molecule has 1 heterocycles. The fourth-order valence-corrected chi connectivity index (χ4v) is 2.99. The Balaban J connectivity index is 1.75. The van der Waals surface area contributed by atoms with Crippen molar-refractivity contribution < 1.29 is 0 Å². The van der Waals surface area contributed by atoms with Crippen molar-refractivity contribution in [3.05, 3.63) is 29.3 Å². The van der Waals surface area contributed by atoms with E-state index in [1.54, 1.807) is 0 Å². The second kappa shape index (κ2) is 6.72. The number of nitrogens with zero attached hydrogens (tertiary/aromatic N) is 1. The Bertz CT molecular complexity index is 417. The third-order valence-electron chi connectivity index (χ3n) is 2.93. The van der Waals surface area contributed by atoms with Gasteiger partial charge in [0.1, 0.15) is 0 Å². The van der Waals surface area contributed by atoms with Gasteiger partial charge in [-0.25, -0.2) is 4.98 Å². The maximum absolute atomic E-state index is 5.47. The smallest absolute Gasteiger partial charge is 0.0938 e. The first kappa shape index (κ1) is 12.5. The van der Waals surface area contributed by atoms with Crippen molar-refractivity contribution in [3.8, 4) is 0 Å². The molecule has 0 saturated carbocycles. The average Bonchev–Trinajstić information content (AvgIpc) is 2.76. The second-order valence-corrected chi connectivity index (χ2v) is 5.50. The number of nitrogens with two attached hydrogens (primary N) is 1. The van der Waals surface area contributed by atoms with Crippen LogP contribution < -0.4 is 5.73 Å². The normalized spacial score (nSPS) is 11.1. The Hall–Kier alpha value is -0.930. The fourth-order valence-electron chi connectivity index (χ4n) is 1.98. The van der Waals surface area contributed by atoms with Gasteiger partial charge in [-0.3, -0.25) is 0 Å². The van der Waals surface area contributed by atoms with Gasteiger partial charge in [0.15, 0.2) is 0 Å². The molecule has 0 aliphatic carbocycles. The van der Waals surface area contributed by atoms with Crippen molar-refractivity contribution in [2.45, 2.75) is 38.5 Å². The summed E-state index contributed by atoms with van der Waals surface area (Å²) in [5.74, 6) is 0. The van der Waals surface area contributed by atoms with Crippen LogP contribution in [0.1, 0.15) is 37.1 Å². The fraction of sp³-hybridized carbons (Fsp3) is 0.500. The number of aryl methyl sites for hydroxylation is 1. The predicted molar refractivity (Wildman–Crippen MR) is 75.5 cm³/mol. The molecule has 0 aliphatic heterocycles. The van der Waals surface area contributed by atoms with Crippen LogP contribution in [0, 0.1) is 0 Å². The molecule has 0 amide bonds. The van der Waals surface area contributed by atoms with E-state index in [9.17, 15) is 0 Å². The first-order valence-electron chi connectivity index (χ1n) is 6.44. The molecule has 0 saturated heterocycles. The highest BCUT2D eigenvalue weighted by Gasteiger charge is 2.02. The highest BCUT2D eigenvalue weighted by molar-refractivity contribution is 7.18. The molecule has 3 heteroatoms. The SMILES string of the molecule is NCCCCCCCc1nc2ccccc2s1. The number of rotatable bonds is 7. The summed E-state index contributed by atoms with van der Waals surface area (Å²) < 4.78 is 1.31. The van der Waals surface area contributed by atoms with Crippen LogP contribution in [-0.2, 0) is 6.42 Å². The van der Waals surface area contributed by atoms with E-state index < -0.39 is 0 Å². The number of para-hydroxylation sites is 1. The van der Waals surface area contributed by atoms with E-state index in [2.05, 4.69) is 29.2 Å². The quantitative estimate of drug-likeness (QED) is 0.758. The predicted octanol–water partition coefficient (Wildman–Crippen LogP) is 3.75. The van der Waals surface area contributed by atoms with E-state index >= 15 is 0 Å². The Labute approximate surface area is 107 Å². The number of aromatic nitrogens is 1. The summed E-state index contributed by atoms with van der Waals surface area (Å²) in [5.41, 5.74) is 6.62. The molecule has 0 fully saturated rings. The van der Waals surface area contributed by atoms with Crippen molar-refractivity contribution in [2.75, 3.05) is 6.54 Å². The summed E-state index contributed by atoms with van der Waals surface area (Å²) in [4.78, 5) is 4.65. The van der Waals surface area contributed by atoms with Crippen molar-refractivity contribution in [1.29, 1.82) is 0 Å². The number of benzene rings is 1. The van der Waals surface area contributed by atoms with Crippen molar-refractivity contribution in [1.82, 2.24) is 4.98 Å². The van der Waals surface area contributed by atoms with Gasteiger partial charge in [-0.05, 0) is 37.9 Å². The molecule has 92 valence electrons. The van der Waals surface area contributed by atoms with E-state index in [1.165, 1.54) is 41.8 Å². The molecule has 17 heavy (non-hydrogen) atoms. The summed E-state index contributed by atoms with van der Waals surface area (Å²) in [5, 5.41) is 1.28. The topological polar surface area (TPSA) is 38.9 Å². The number of hydrogen-bond donors (Lipinski definition) is 1. The van der Waals surface area contributed by atoms with Crippen LogP contribution in [0.15, 0.2) is 24.3 Å². The second-order valence-electron chi connectivity index (χ2n) is 4.38. The maximum atomic E-state index is 5.47. The maximum Gasteiger partial charge on any atom is 0.0938 e. The molecule has 2 aromatic rings. The first-order valence-corrected chi connectivity index (χ1v) is 7.26. The molecule has 2 rings (SSSR count). The molecule has 0 aliphatic rings. The van der Waals surface area contributed by atoms with E-state index in [0.29, 0.717) is 0 Å². The number of hydrogen-bond acceptors (Lipinski definition) is 3. The molecule has 2 nitrogen and oxygen atoms in total. The highest BCUT2D eigenvalue weighted by Crippen LogP contribution is 2.22. The van der Waals surface area contributed by atoms with Gasteiger partial charge in [0.05, 0.1) is 15.2 Å². The van der Waals surface area contributed by atoms with Gasteiger partial charge in [0.2, 0.25) is 0 Å². The summed E-state index contributed by atoms with van der Waals surface area (Å²) >= 11 is 1.83. The molecule has 0 spiro atoms. The summed E-state index contributed by atoms with van der Waals surface area (Å²) in [6, 6.07) is 8.38. The van der Waals surface area contributed by atoms with Gasteiger partial charge in [-0.1, -0.05) is 31.4 Å². The Kier molecular flexibility index (Phi) is 4.95. The van der Waals surface area contributed by atoms with Gasteiger partial charge in [-0.2, -0.15) is 0 Å². The average molecular weight is 248 g/mol. The molecular formula is C14H20N2S. The van der Waals surface area contributed by atoms with Crippen molar-refractivity contribution in [3.63, 3.8) is 0 Å². The monoisotopic (exact) mass is 248 g/mol. The van der Waals surface area contributed by atoms with Crippen molar-refractivity contribution in [2.24, 2.45) is 5.73 Å². The minimum Gasteiger partial charge on any atom is -0.330 e. The molecule has 0 atom stereocenters. The van der Waals surface area contributed by atoms with Gasteiger partial charge in [0, 0.05) is 0 Å². The summed E-state index contributed by atoms with van der Waals surface area (Å²) in [6.07, 6.45) is 7.43. The van der Waals surface area contributed by atoms with E-state index in [1.807, 2.05) is 11.3 Å². The zero-order valence-corrected chi connectivity index (χ0v) is 11.0. The number of thiazole rings is 1. The molecule has 0 radical (unpaired) electrons. The van der Waals surface area contributed by atoms with Crippen molar-refractivity contribution >= 4 is 21.6 Å². The Morgan fingerprint density at radius 2 is 1.76 bits per heavy atom. The van der Waals surface area contributed by atoms with E-state index in [-0.39, 0.29) is 0 Å². The lowest BCUT2D eigenvalue weighted by Gasteiger charge is -1.98. The molecule has 1 aromatic heterocycles. The Morgan fingerprint density at radius 1 is 1.00 bits per heavy atom. The Morgan fingerprint density at radius 3 is 2.59 bits per heavy atom. The molecule has 0 unspecified atom stereocenters. The first-order chi connectivity index (χ1) is 8.40. The number of fused-ring (bicyclic) bond motifs is 1. The summed E-state index contributed by atoms with van der Waals surface area (Å²) in [7, 11) is 0. The van der Waals surface area contributed by atoms with E-state index in [4.69, 9.17) is 5.73 Å². The van der Waals surface area contributed by atoms with Gasteiger partial charge in [0.25, 0.3) is 0 Å². The standard InChI is InChI=1S/C14H20N2S/c15-11-7-3-1-2-4-10-14-16-12-8-5-6-9-13(12)17-14/h5-6,8-9H,1-4,7,10-11,15H2. The van der Waals surface area contributed by atoms with E-state index in [0.717, 1.165) is 18.5 Å². The van der Waals surface area contributed by atoms with Gasteiger partial charge >= 0.3 is 0 Å². The molecule has 1 aromatic carbocycles. The van der Waals surface area contributed by atoms with Gasteiger partial charge < -0.3 is 5.73 Å². The lowest BCUT2D eigenvalue weighted by Crippen LogP contribution is -1.97. The largest absolute Gasteiger partial charge is 0.330 e. The van der Waals surface area contributed by atoms with Gasteiger partial charge in [-0.15, -0.1) is 11.3 Å². The third-order valence-corrected chi connectivity index (χ3v) is 4.03. The van der Waals surface area contributed by atoms with Crippen LogP contribution in [0.2, 0.25) is 0 Å². The summed E-state index contributed by atoms with van der Waals surface area (Å²) in [6.45, 7) is 0.831. The number of unbranched alkanes of at least 4 members (excludes halogenated alkanes) is 4. The highest BCUT2D eigenvalue weighted by atomic mass is 32.1. The van der Waals surface area contributed by atoms with Crippen LogP contribution in [0.25, 0.3) is 10.2 Å². The zero-order chi connectivity index (χ0) is 11.9. The minimum atomic E-state index is 0.831. The van der Waals surface area contributed by atoms with Crippen LogP contribution in [-0.4, -0.2) is 11.5 Å². The minimum absolute atomic E-state index is 0.831. The molecular weight excluding hydrogens is 228 g/mol. The van der Waals surface area contributed by atoms with Crippen LogP contribution in [0.3, 0.4) is 0 Å². The van der Waals surface area contributed by atoms with Crippen LogP contribution in [0.5, 0.6) is 0 Å². The van der Waals surface area contributed by atoms with Crippen LogP contribution in [0.4, 0.5) is 0 Å². The lowest BCUT2D eigenvalue weighted by molar-refractivity contribution is 0.618. The zero-order valence-electron chi connectivity index (χ0n) is 10.2. The molecule has 2 N–H and O–H groups in total. The lowest BCUT2D eigenvalue weighted by atomic mass is 10.1. The molecule has 0 bridgehead atoms.